The third-order valence-corrected chi connectivity index (χ3v) is 8.88. The third-order valence-electron chi connectivity index (χ3n) is 5.69. The molecule has 2 aromatic carbocycles. The normalized spacial score (nSPS) is 14.4. The molecule has 0 N–H and O–H groups in total. The minimum atomic E-state index is -3.44. The number of benzene rings is 2. The minimum Gasteiger partial charge on any atom is -0.497 e. The average Bonchev–Trinajstić information content (AvgIpc) is 3.28. The van der Waals surface area contributed by atoms with Crippen LogP contribution in [0, 0.1) is 0 Å². The van der Waals surface area contributed by atoms with Crippen molar-refractivity contribution in [2.45, 2.75) is 16.2 Å². The molecule has 0 atom stereocenters. The summed E-state index contributed by atoms with van der Waals surface area (Å²) < 4.78 is 35.9. The Kier molecular flexibility index (Phi) is 10.4. The molecule has 12 heteroatoms. The van der Waals surface area contributed by atoms with Crippen molar-refractivity contribution in [1.82, 2.24) is 9.88 Å². The van der Waals surface area contributed by atoms with Crippen LogP contribution in [0.2, 0.25) is 0 Å². The summed E-state index contributed by atoms with van der Waals surface area (Å²) in [6.45, 7) is 4.22. The largest absolute Gasteiger partial charge is 0.497 e. The van der Waals surface area contributed by atoms with Gasteiger partial charge < -0.3 is 9.47 Å². The van der Waals surface area contributed by atoms with Crippen LogP contribution in [-0.4, -0.2) is 82.7 Å². The zero-order valence-electron chi connectivity index (χ0n) is 20.2. The topological polar surface area (TPSA) is 89.0 Å². The number of aromatic nitrogens is 1. The van der Waals surface area contributed by atoms with Gasteiger partial charge in [-0.1, -0.05) is 17.4 Å². The predicted octanol–water partition coefficient (Wildman–Crippen LogP) is 3.98. The van der Waals surface area contributed by atoms with Gasteiger partial charge in [0, 0.05) is 49.5 Å². The summed E-state index contributed by atoms with van der Waals surface area (Å²) in [5.74, 6) is 1.39. The Morgan fingerprint density at radius 3 is 2.58 bits per heavy atom. The number of sulfone groups is 1. The molecule has 0 aliphatic carbocycles. The van der Waals surface area contributed by atoms with E-state index in [1.54, 1.807) is 35.9 Å². The molecule has 0 spiro atoms. The van der Waals surface area contributed by atoms with E-state index in [0.29, 0.717) is 49.1 Å². The van der Waals surface area contributed by atoms with Gasteiger partial charge in [-0.25, -0.2) is 13.4 Å². The summed E-state index contributed by atoms with van der Waals surface area (Å²) >= 11 is 2.96. The van der Waals surface area contributed by atoms with E-state index in [4.69, 9.17) is 9.47 Å². The lowest BCUT2D eigenvalue weighted by atomic mass is 10.3. The van der Waals surface area contributed by atoms with Gasteiger partial charge in [0.1, 0.15) is 11.3 Å². The second kappa shape index (κ2) is 13.1. The van der Waals surface area contributed by atoms with Crippen molar-refractivity contribution in [3.05, 3.63) is 42.5 Å². The number of para-hydroxylation sites is 1. The monoisotopic (exact) mass is 571 g/mol. The SMILES string of the molecule is COc1ccc(SCCC(=O)N(CCN2CCOCC2)c2nc3c(S(C)(=O)=O)cccc3s2)cc1.Cl. The number of fused-ring (bicyclic) bond motifs is 1. The van der Waals surface area contributed by atoms with Crippen LogP contribution in [0.25, 0.3) is 10.2 Å². The fourth-order valence-electron chi connectivity index (χ4n) is 3.78. The van der Waals surface area contributed by atoms with Crippen LogP contribution in [-0.2, 0) is 19.4 Å². The van der Waals surface area contributed by atoms with Gasteiger partial charge in [-0.2, -0.15) is 0 Å². The smallest absolute Gasteiger partial charge is 0.229 e. The highest BCUT2D eigenvalue weighted by atomic mass is 35.5. The standard InChI is InChI=1S/C24H29N3O5S3.ClH/c1-31-18-6-8-19(9-7-18)33-17-10-22(28)27(12-11-26-13-15-32-16-14-26)24-25-23-20(34-24)4-3-5-21(23)35(2,29)30;/h3-9H,10-17H2,1-2H3;1H. The van der Waals surface area contributed by atoms with Gasteiger partial charge in [-0.05, 0) is 36.4 Å². The van der Waals surface area contributed by atoms with Gasteiger partial charge in [-0.3, -0.25) is 14.6 Å². The number of anilines is 1. The first-order valence-corrected chi connectivity index (χ1v) is 15.0. The molecule has 2 heterocycles. The lowest BCUT2D eigenvalue weighted by Gasteiger charge is -2.29. The lowest BCUT2D eigenvalue weighted by molar-refractivity contribution is -0.118. The van der Waals surface area contributed by atoms with Gasteiger partial charge >= 0.3 is 0 Å². The molecule has 0 unspecified atom stereocenters. The molecule has 8 nitrogen and oxygen atoms in total. The van der Waals surface area contributed by atoms with E-state index in [-0.39, 0.29) is 23.2 Å². The average molecular weight is 572 g/mol. The first kappa shape index (κ1) is 28.7. The third kappa shape index (κ3) is 7.33. The van der Waals surface area contributed by atoms with Crippen LogP contribution in [0.3, 0.4) is 0 Å². The Balaban J connectivity index is 0.00000361. The Hall–Kier alpha value is -1.89. The van der Waals surface area contributed by atoms with E-state index in [1.807, 2.05) is 30.3 Å². The number of rotatable bonds is 10. The van der Waals surface area contributed by atoms with Gasteiger partial charge in [0.25, 0.3) is 0 Å². The molecule has 4 rings (SSSR count). The van der Waals surface area contributed by atoms with Gasteiger partial charge in [-0.15, -0.1) is 24.2 Å². The van der Waals surface area contributed by atoms with Crippen molar-refractivity contribution in [2.75, 3.05) is 63.4 Å². The summed E-state index contributed by atoms with van der Waals surface area (Å²) in [5, 5.41) is 0.531. The minimum absolute atomic E-state index is 0. The number of thiazole rings is 1. The van der Waals surface area contributed by atoms with Crippen molar-refractivity contribution in [3.8, 4) is 5.75 Å². The molecule has 36 heavy (non-hydrogen) atoms. The lowest BCUT2D eigenvalue weighted by Crippen LogP contribution is -2.43. The van der Waals surface area contributed by atoms with Crippen LogP contribution in [0.1, 0.15) is 6.42 Å². The van der Waals surface area contributed by atoms with Crippen LogP contribution in [0.4, 0.5) is 5.13 Å². The molecule has 1 aliphatic rings. The quantitative estimate of drug-likeness (QED) is 0.338. The van der Waals surface area contributed by atoms with Crippen LogP contribution < -0.4 is 9.64 Å². The Morgan fingerprint density at radius 2 is 1.92 bits per heavy atom. The van der Waals surface area contributed by atoms with Crippen molar-refractivity contribution in [3.63, 3.8) is 0 Å². The van der Waals surface area contributed by atoms with Crippen LogP contribution in [0.15, 0.2) is 52.3 Å². The number of carbonyl (C=O) groups excluding carboxylic acids is 1. The molecule has 1 fully saturated rings. The van der Waals surface area contributed by atoms with Crippen molar-refractivity contribution < 1.29 is 22.7 Å². The molecule has 196 valence electrons. The van der Waals surface area contributed by atoms with Crippen LogP contribution >= 0.6 is 35.5 Å². The maximum Gasteiger partial charge on any atom is 0.229 e. The van der Waals surface area contributed by atoms with E-state index < -0.39 is 9.84 Å². The van der Waals surface area contributed by atoms with Crippen molar-refractivity contribution in [1.29, 1.82) is 0 Å². The molecule has 0 radical (unpaired) electrons. The summed E-state index contributed by atoms with van der Waals surface area (Å²) in [6.07, 6.45) is 1.52. The summed E-state index contributed by atoms with van der Waals surface area (Å²) in [6, 6.07) is 12.9. The maximum atomic E-state index is 13.4. The Morgan fingerprint density at radius 1 is 1.19 bits per heavy atom. The maximum absolute atomic E-state index is 13.4. The Bertz CT molecular complexity index is 1260. The summed E-state index contributed by atoms with van der Waals surface area (Å²) in [4.78, 5) is 23.2. The molecule has 1 aliphatic heterocycles. The number of thioether (sulfide) groups is 1. The summed E-state index contributed by atoms with van der Waals surface area (Å²) in [5.41, 5.74) is 0.423. The van der Waals surface area contributed by atoms with E-state index in [9.17, 15) is 13.2 Å². The van der Waals surface area contributed by atoms with E-state index >= 15 is 0 Å². The van der Waals surface area contributed by atoms with Crippen molar-refractivity contribution >= 4 is 66.6 Å². The highest BCUT2D eigenvalue weighted by molar-refractivity contribution is 7.99. The zero-order valence-corrected chi connectivity index (χ0v) is 23.5. The molecule has 1 amide bonds. The predicted molar refractivity (Wildman–Crippen MR) is 148 cm³/mol. The molecule has 3 aromatic rings. The number of carbonyl (C=O) groups is 1. The van der Waals surface area contributed by atoms with E-state index in [0.717, 1.165) is 28.4 Å². The molecule has 0 bridgehead atoms. The number of nitrogens with zero attached hydrogens (tertiary/aromatic N) is 3. The number of hydrogen-bond donors (Lipinski definition) is 0. The number of amides is 1. The summed E-state index contributed by atoms with van der Waals surface area (Å²) in [7, 11) is -1.80. The zero-order chi connectivity index (χ0) is 24.8. The second-order valence-corrected chi connectivity index (χ2v) is 12.3. The fourth-order valence-corrected chi connectivity index (χ4v) is 6.56. The van der Waals surface area contributed by atoms with Gasteiger partial charge in [0.05, 0.1) is 29.9 Å². The first-order valence-electron chi connectivity index (χ1n) is 11.3. The highest BCUT2D eigenvalue weighted by Gasteiger charge is 2.23. The van der Waals surface area contributed by atoms with Crippen LogP contribution in [0.5, 0.6) is 5.75 Å². The fraction of sp³-hybridized carbons (Fsp3) is 0.417. The first-order chi connectivity index (χ1) is 16.8. The number of morpholine rings is 1. The number of methoxy groups -OCH3 is 1. The second-order valence-electron chi connectivity index (χ2n) is 8.14. The van der Waals surface area contributed by atoms with Gasteiger partial charge in [0.15, 0.2) is 15.0 Å². The number of hydrogen-bond acceptors (Lipinski definition) is 9. The van der Waals surface area contributed by atoms with Crippen molar-refractivity contribution in [2.24, 2.45) is 0 Å². The molecule has 1 saturated heterocycles. The molecule has 1 aromatic heterocycles. The molecular formula is C24H30ClN3O5S3. The van der Waals surface area contributed by atoms with Gasteiger partial charge in [0.2, 0.25) is 5.91 Å². The number of ether oxygens (including phenoxy) is 2. The highest BCUT2D eigenvalue weighted by Crippen LogP contribution is 2.33. The number of halogens is 1. The van der Waals surface area contributed by atoms with E-state index in [2.05, 4.69) is 9.88 Å². The molecular weight excluding hydrogens is 542 g/mol. The van der Waals surface area contributed by atoms with E-state index in [1.165, 1.54) is 17.6 Å². The Labute approximate surface area is 226 Å². The molecule has 0 saturated carbocycles.